The molecule has 3 nitrogen and oxygen atoms in total. The molecule has 0 aliphatic rings. The summed E-state index contributed by atoms with van der Waals surface area (Å²) in [6.45, 7) is 18.4. The lowest BCUT2D eigenvalue weighted by atomic mass is 10.6. The van der Waals surface area contributed by atoms with Gasteiger partial charge in [0, 0.05) is 6.61 Å². The van der Waals surface area contributed by atoms with Gasteiger partial charge in [-0.25, -0.2) is 0 Å². The van der Waals surface area contributed by atoms with Crippen LogP contribution in [0.4, 0.5) is 0 Å². The molecule has 0 fully saturated rings. The predicted octanol–water partition coefficient (Wildman–Crippen LogP) is 7.69. The van der Waals surface area contributed by atoms with Gasteiger partial charge < -0.3 is 14.7 Å². The number of rotatable bonds is 0. The van der Waals surface area contributed by atoms with Crippen molar-refractivity contribution >= 4 is 12.1 Å². The van der Waals surface area contributed by atoms with E-state index in [2.05, 4.69) is 0 Å². The fourth-order valence-corrected chi connectivity index (χ4v) is 0. The van der Waals surface area contributed by atoms with Crippen LogP contribution in [0.5, 0.6) is 0 Å². The van der Waals surface area contributed by atoms with Crippen LogP contribution in [-0.2, 0) is 9.59 Å². The minimum absolute atomic E-state index is 0. The van der Waals surface area contributed by atoms with Crippen molar-refractivity contribution in [3.05, 3.63) is 0 Å². The molecule has 0 atom stereocenters. The van der Waals surface area contributed by atoms with E-state index >= 15 is 0 Å². The third-order valence-electron chi connectivity index (χ3n) is 0. The standard InChI is InChI=1S/C3H6O.C2H6O.C2H4O.3C2H6.6CH4/c1-3(2)4;2*1-2-3;3*1-2;;;;;;/h1-2H3;3H,2H2,1H3;2H,1H3;3*1-2H3;6*1H4. The summed E-state index contributed by atoms with van der Waals surface area (Å²) in [6, 6.07) is 0. The number of carbonyl (C=O) groups excluding carboxylic acids is 2. The van der Waals surface area contributed by atoms with Crippen molar-refractivity contribution in [2.75, 3.05) is 6.61 Å². The lowest BCUT2D eigenvalue weighted by molar-refractivity contribution is -0.115. The van der Waals surface area contributed by atoms with Crippen molar-refractivity contribution in [1.29, 1.82) is 0 Å². The van der Waals surface area contributed by atoms with E-state index in [0.29, 0.717) is 0 Å². The molecule has 0 aromatic rings. The van der Waals surface area contributed by atoms with Crippen LogP contribution in [0.3, 0.4) is 0 Å². The number of Topliss-reactive ketones (excluding diaryl/α,β-unsaturated/α-hetero) is 1. The molecule has 0 aromatic carbocycles. The first-order valence-electron chi connectivity index (χ1n) is 6.04. The van der Waals surface area contributed by atoms with Crippen molar-refractivity contribution in [2.45, 2.75) is 114 Å². The van der Waals surface area contributed by atoms with Crippen molar-refractivity contribution in [1.82, 2.24) is 0 Å². The Labute approximate surface area is 147 Å². The summed E-state index contributed by atoms with van der Waals surface area (Å²) in [5.74, 6) is 0.167. The molecule has 0 radical (unpaired) electrons. The van der Waals surface area contributed by atoms with E-state index in [1.807, 2.05) is 41.5 Å². The Balaban J connectivity index is -0.00000000527. The molecule has 0 rings (SSSR count). The number of aliphatic hydroxyl groups excluding tert-OH is 1. The molecule has 152 valence electrons. The second-order valence-electron chi connectivity index (χ2n) is 1.46. The molecule has 0 aromatic heterocycles. The Kier molecular flexibility index (Phi) is 1890. The topological polar surface area (TPSA) is 54.4 Å². The number of hydrogen-bond donors (Lipinski definition) is 1. The first-order chi connectivity index (χ1) is 7.56. The summed E-state index contributed by atoms with van der Waals surface area (Å²) in [7, 11) is 0. The third-order valence-corrected chi connectivity index (χ3v) is 0. The first kappa shape index (κ1) is 101. The van der Waals surface area contributed by atoms with Crippen LogP contribution in [0.15, 0.2) is 0 Å². The molecule has 0 heterocycles. The fourth-order valence-electron chi connectivity index (χ4n) is 0. The van der Waals surface area contributed by atoms with Gasteiger partial charge in [0.1, 0.15) is 12.1 Å². The highest BCUT2D eigenvalue weighted by atomic mass is 16.2. The molecule has 3 heteroatoms. The zero-order chi connectivity index (χ0) is 15.0. The monoisotopic (exact) mass is 334 g/mol. The first-order valence-corrected chi connectivity index (χ1v) is 6.04. The van der Waals surface area contributed by atoms with E-state index in [1.54, 1.807) is 6.92 Å². The van der Waals surface area contributed by atoms with Crippen molar-refractivity contribution < 1.29 is 14.7 Å². The van der Waals surface area contributed by atoms with Crippen LogP contribution in [-0.4, -0.2) is 23.8 Å². The number of carbonyl (C=O) groups is 2. The van der Waals surface area contributed by atoms with E-state index < -0.39 is 0 Å². The van der Waals surface area contributed by atoms with Crippen LogP contribution < -0.4 is 0 Å². The number of hydrogen-bond acceptors (Lipinski definition) is 3. The Morgan fingerprint density at radius 3 is 0.773 bits per heavy atom. The largest absolute Gasteiger partial charge is 0.397 e. The zero-order valence-corrected chi connectivity index (χ0v) is 13.0. The van der Waals surface area contributed by atoms with Crippen LogP contribution in [0, 0.1) is 0 Å². The van der Waals surface area contributed by atoms with Crippen molar-refractivity contribution in [3.63, 3.8) is 0 Å². The molecule has 0 saturated carbocycles. The van der Waals surface area contributed by atoms with Crippen molar-refractivity contribution in [3.8, 4) is 0 Å². The van der Waals surface area contributed by atoms with Crippen molar-refractivity contribution in [2.24, 2.45) is 0 Å². The van der Waals surface area contributed by atoms with E-state index in [4.69, 9.17) is 9.90 Å². The summed E-state index contributed by atoms with van der Waals surface area (Å²) in [5.41, 5.74) is 0. The molecular formula is C19H58O3. The number of aldehydes is 1. The second-order valence-corrected chi connectivity index (χ2v) is 1.46. The van der Waals surface area contributed by atoms with Crippen LogP contribution in [0.1, 0.15) is 114 Å². The Morgan fingerprint density at radius 2 is 0.773 bits per heavy atom. The average molecular weight is 335 g/mol. The highest BCUT2D eigenvalue weighted by molar-refractivity contribution is 5.72. The molecule has 0 aliphatic carbocycles. The maximum absolute atomic E-state index is 9.44. The summed E-state index contributed by atoms with van der Waals surface area (Å²) >= 11 is 0. The Bertz CT molecular complexity index is 69.1. The van der Waals surface area contributed by atoms with E-state index in [1.165, 1.54) is 20.8 Å². The summed E-state index contributed by atoms with van der Waals surface area (Å²) in [6.07, 6.45) is 0.750. The van der Waals surface area contributed by atoms with Gasteiger partial charge in [-0.3, -0.25) is 0 Å². The van der Waals surface area contributed by atoms with Gasteiger partial charge in [0.15, 0.2) is 0 Å². The maximum Gasteiger partial charge on any atom is 0.126 e. The zero-order valence-electron chi connectivity index (χ0n) is 13.0. The summed E-state index contributed by atoms with van der Waals surface area (Å²) < 4.78 is 0. The lowest BCUT2D eigenvalue weighted by Crippen LogP contribution is -1.69. The van der Waals surface area contributed by atoms with Gasteiger partial charge in [0.25, 0.3) is 0 Å². The summed E-state index contributed by atoms with van der Waals surface area (Å²) in [5, 5.41) is 7.57. The van der Waals surface area contributed by atoms with Gasteiger partial charge in [-0.1, -0.05) is 86.1 Å². The minimum atomic E-state index is 0. The molecule has 22 heavy (non-hydrogen) atoms. The fraction of sp³-hybridized carbons (Fsp3) is 0.895. The molecule has 0 bridgehead atoms. The van der Waals surface area contributed by atoms with Gasteiger partial charge in [-0.05, 0) is 27.7 Å². The van der Waals surface area contributed by atoms with Crippen LogP contribution >= 0.6 is 0 Å². The summed E-state index contributed by atoms with van der Waals surface area (Å²) in [4.78, 5) is 18.2. The number of aliphatic hydroxyl groups is 1. The molecule has 0 unspecified atom stereocenters. The van der Waals surface area contributed by atoms with Gasteiger partial charge >= 0.3 is 0 Å². The second kappa shape index (κ2) is 409. The molecule has 1 N–H and O–H groups in total. The molecule has 0 saturated heterocycles. The highest BCUT2D eigenvalue weighted by Gasteiger charge is 1.62. The Morgan fingerprint density at radius 1 is 0.773 bits per heavy atom. The SMILES string of the molecule is C.C.C.C.C.C.CC.CC.CC.CC(C)=O.CC=O.CCO. The quantitative estimate of drug-likeness (QED) is 0.462. The van der Waals surface area contributed by atoms with E-state index in [9.17, 15) is 4.79 Å². The predicted molar refractivity (Wildman–Crippen MR) is 115 cm³/mol. The number of ketones is 1. The highest BCUT2D eigenvalue weighted by Crippen LogP contribution is 1.50. The minimum Gasteiger partial charge on any atom is -0.397 e. The smallest absolute Gasteiger partial charge is 0.126 e. The van der Waals surface area contributed by atoms with E-state index in [0.717, 1.165) is 6.29 Å². The van der Waals surface area contributed by atoms with Gasteiger partial charge in [0.05, 0.1) is 0 Å². The van der Waals surface area contributed by atoms with Crippen LogP contribution in [0.25, 0.3) is 0 Å². The van der Waals surface area contributed by atoms with Gasteiger partial charge in [-0.15, -0.1) is 0 Å². The van der Waals surface area contributed by atoms with Crippen LogP contribution in [0.2, 0.25) is 0 Å². The van der Waals surface area contributed by atoms with Gasteiger partial charge in [-0.2, -0.15) is 0 Å². The average Bonchev–Trinajstić information content (AvgIpc) is 2.27. The molecule has 0 aliphatic heterocycles. The lowest BCUT2D eigenvalue weighted by Gasteiger charge is -1.56. The van der Waals surface area contributed by atoms with E-state index in [-0.39, 0.29) is 57.0 Å². The molecular weight excluding hydrogens is 276 g/mol. The third kappa shape index (κ3) is 13200. The Hall–Kier alpha value is -0.700. The maximum atomic E-state index is 9.44. The molecule has 0 spiro atoms. The normalized spacial score (nSPS) is 3.41. The van der Waals surface area contributed by atoms with Gasteiger partial charge in [0.2, 0.25) is 0 Å². The molecule has 0 amide bonds.